The lowest BCUT2D eigenvalue weighted by Gasteiger charge is -2.20. The number of hydrogen-bond donors (Lipinski definition) is 1. The molecular weight excluding hydrogens is 366 g/mol. The van der Waals surface area contributed by atoms with E-state index in [1.165, 1.54) is 6.92 Å². The van der Waals surface area contributed by atoms with Crippen LogP contribution in [0.1, 0.15) is 35.9 Å². The van der Waals surface area contributed by atoms with E-state index < -0.39 is 6.10 Å². The molecular formula is C24H23NO4. The van der Waals surface area contributed by atoms with Gasteiger partial charge in [-0.15, -0.1) is 0 Å². The van der Waals surface area contributed by atoms with Crippen LogP contribution in [0.3, 0.4) is 0 Å². The van der Waals surface area contributed by atoms with Crippen LogP contribution in [0.15, 0.2) is 78.9 Å². The Bertz CT molecular complexity index is 968. The van der Waals surface area contributed by atoms with Crippen molar-refractivity contribution >= 4 is 17.4 Å². The van der Waals surface area contributed by atoms with Gasteiger partial charge in [0.2, 0.25) is 6.10 Å². The fourth-order valence-corrected chi connectivity index (χ4v) is 2.85. The molecule has 0 bridgehead atoms. The van der Waals surface area contributed by atoms with Crippen LogP contribution in [-0.4, -0.2) is 18.3 Å². The second kappa shape index (κ2) is 9.55. The average molecular weight is 389 g/mol. The molecule has 29 heavy (non-hydrogen) atoms. The number of benzene rings is 3. The molecule has 3 aromatic rings. The Labute approximate surface area is 170 Å². The Morgan fingerprint density at radius 3 is 2.21 bits per heavy atom. The van der Waals surface area contributed by atoms with Gasteiger partial charge in [0.05, 0.1) is 12.3 Å². The molecule has 0 fully saturated rings. The number of anilines is 1. The highest BCUT2D eigenvalue weighted by molar-refractivity contribution is 5.96. The summed E-state index contributed by atoms with van der Waals surface area (Å²) in [6.45, 7) is 3.89. The van der Waals surface area contributed by atoms with E-state index in [0.717, 1.165) is 5.56 Å². The fourth-order valence-electron chi connectivity index (χ4n) is 2.85. The Balaban J connectivity index is 1.86. The SMILES string of the molecule is CCOc1ccccc1NC(=O)[C@H](Oc1ccc(C(C)=O)cc1)c1ccccc1. The van der Waals surface area contributed by atoms with Crippen molar-refractivity contribution in [3.8, 4) is 11.5 Å². The second-order valence-electron chi connectivity index (χ2n) is 6.41. The Hall–Kier alpha value is -3.60. The van der Waals surface area contributed by atoms with Gasteiger partial charge in [0.15, 0.2) is 5.78 Å². The smallest absolute Gasteiger partial charge is 0.270 e. The normalized spacial score (nSPS) is 11.4. The summed E-state index contributed by atoms with van der Waals surface area (Å²) in [5.41, 5.74) is 1.88. The van der Waals surface area contributed by atoms with Gasteiger partial charge < -0.3 is 14.8 Å². The number of carbonyl (C=O) groups excluding carboxylic acids is 2. The molecule has 0 aliphatic carbocycles. The van der Waals surface area contributed by atoms with Gasteiger partial charge in [-0.2, -0.15) is 0 Å². The Morgan fingerprint density at radius 1 is 0.897 bits per heavy atom. The minimum atomic E-state index is -0.867. The molecule has 0 radical (unpaired) electrons. The number of para-hydroxylation sites is 2. The summed E-state index contributed by atoms with van der Waals surface area (Å²) in [5, 5.41) is 2.90. The van der Waals surface area contributed by atoms with E-state index in [0.29, 0.717) is 29.4 Å². The fraction of sp³-hybridized carbons (Fsp3) is 0.167. The van der Waals surface area contributed by atoms with Crippen molar-refractivity contribution in [2.24, 2.45) is 0 Å². The van der Waals surface area contributed by atoms with Gasteiger partial charge in [-0.3, -0.25) is 9.59 Å². The number of hydrogen-bond acceptors (Lipinski definition) is 4. The van der Waals surface area contributed by atoms with Gasteiger partial charge in [-0.05, 0) is 50.2 Å². The molecule has 0 spiro atoms. The van der Waals surface area contributed by atoms with E-state index >= 15 is 0 Å². The zero-order valence-corrected chi connectivity index (χ0v) is 16.4. The van der Waals surface area contributed by atoms with Crippen LogP contribution in [-0.2, 0) is 4.79 Å². The molecule has 3 rings (SSSR count). The number of amides is 1. The van der Waals surface area contributed by atoms with Crippen LogP contribution >= 0.6 is 0 Å². The molecule has 5 nitrogen and oxygen atoms in total. The van der Waals surface area contributed by atoms with Crippen LogP contribution in [0, 0.1) is 0 Å². The highest BCUT2D eigenvalue weighted by Crippen LogP contribution is 2.28. The van der Waals surface area contributed by atoms with Crippen molar-refractivity contribution in [1.29, 1.82) is 0 Å². The van der Waals surface area contributed by atoms with E-state index in [4.69, 9.17) is 9.47 Å². The molecule has 1 atom stereocenters. The van der Waals surface area contributed by atoms with Crippen molar-refractivity contribution in [1.82, 2.24) is 0 Å². The molecule has 0 aliphatic rings. The predicted octanol–water partition coefficient (Wildman–Crippen LogP) is 5.05. The lowest BCUT2D eigenvalue weighted by Crippen LogP contribution is -2.26. The zero-order chi connectivity index (χ0) is 20.6. The lowest BCUT2D eigenvalue weighted by molar-refractivity contribution is -0.123. The molecule has 148 valence electrons. The zero-order valence-electron chi connectivity index (χ0n) is 16.4. The lowest BCUT2D eigenvalue weighted by atomic mass is 10.1. The first kappa shape index (κ1) is 20.1. The molecule has 3 aromatic carbocycles. The predicted molar refractivity (Wildman–Crippen MR) is 112 cm³/mol. The quantitative estimate of drug-likeness (QED) is 0.548. The Kier molecular flexibility index (Phi) is 6.63. The van der Waals surface area contributed by atoms with Crippen LogP contribution in [0.4, 0.5) is 5.69 Å². The first-order valence-electron chi connectivity index (χ1n) is 9.43. The van der Waals surface area contributed by atoms with Crippen molar-refractivity contribution in [2.45, 2.75) is 20.0 Å². The molecule has 5 heteroatoms. The van der Waals surface area contributed by atoms with Crippen LogP contribution in [0.5, 0.6) is 11.5 Å². The third-order valence-corrected chi connectivity index (χ3v) is 4.30. The van der Waals surface area contributed by atoms with Crippen molar-refractivity contribution in [3.63, 3.8) is 0 Å². The highest BCUT2D eigenvalue weighted by atomic mass is 16.5. The molecule has 1 N–H and O–H groups in total. The molecule has 0 aliphatic heterocycles. The summed E-state index contributed by atoms with van der Waals surface area (Å²) in [6, 6.07) is 23.3. The summed E-state index contributed by atoms with van der Waals surface area (Å²) in [7, 11) is 0. The molecule has 0 heterocycles. The number of ketones is 1. The summed E-state index contributed by atoms with van der Waals surface area (Å²) in [6.07, 6.45) is -0.867. The maximum absolute atomic E-state index is 13.1. The number of rotatable bonds is 8. The highest BCUT2D eigenvalue weighted by Gasteiger charge is 2.24. The monoisotopic (exact) mass is 389 g/mol. The first-order chi connectivity index (χ1) is 14.1. The average Bonchev–Trinajstić information content (AvgIpc) is 2.74. The standard InChI is InChI=1S/C24H23NO4/c1-3-28-22-12-8-7-11-21(22)25-24(27)23(19-9-5-4-6-10-19)29-20-15-13-18(14-16-20)17(2)26/h4-16,23H,3H2,1-2H3,(H,25,27)/t23-/m1/s1. The topological polar surface area (TPSA) is 64.6 Å². The van der Waals surface area contributed by atoms with E-state index in [-0.39, 0.29) is 11.7 Å². The summed E-state index contributed by atoms with van der Waals surface area (Å²) in [5.74, 6) is 0.749. The van der Waals surface area contributed by atoms with Gasteiger partial charge in [0.1, 0.15) is 11.5 Å². The molecule has 0 saturated heterocycles. The van der Waals surface area contributed by atoms with Crippen LogP contribution < -0.4 is 14.8 Å². The van der Waals surface area contributed by atoms with Gasteiger partial charge in [-0.25, -0.2) is 0 Å². The second-order valence-corrected chi connectivity index (χ2v) is 6.41. The van der Waals surface area contributed by atoms with Gasteiger partial charge >= 0.3 is 0 Å². The third-order valence-electron chi connectivity index (χ3n) is 4.30. The van der Waals surface area contributed by atoms with E-state index in [2.05, 4.69) is 5.32 Å². The summed E-state index contributed by atoms with van der Waals surface area (Å²) in [4.78, 5) is 24.6. The van der Waals surface area contributed by atoms with E-state index in [9.17, 15) is 9.59 Å². The van der Waals surface area contributed by atoms with Crippen molar-refractivity contribution in [2.75, 3.05) is 11.9 Å². The maximum Gasteiger partial charge on any atom is 0.270 e. The van der Waals surface area contributed by atoms with E-state index in [1.54, 1.807) is 36.4 Å². The summed E-state index contributed by atoms with van der Waals surface area (Å²) >= 11 is 0. The minimum absolute atomic E-state index is 0.0265. The maximum atomic E-state index is 13.1. The number of ether oxygens (including phenoxy) is 2. The van der Waals surface area contributed by atoms with Crippen molar-refractivity contribution in [3.05, 3.63) is 90.0 Å². The number of nitrogens with one attached hydrogen (secondary N) is 1. The largest absolute Gasteiger partial charge is 0.492 e. The molecule has 0 unspecified atom stereocenters. The van der Waals surface area contributed by atoms with Gasteiger partial charge in [-0.1, -0.05) is 42.5 Å². The molecule has 0 saturated carbocycles. The van der Waals surface area contributed by atoms with Crippen LogP contribution in [0.2, 0.25) is 0 Å². The summed E-state index contributed by atoms with van der Waals surface area (Å²) < 4.78 is 11.6. The van der Waals surface area contributed by atoms with Crippen molar-refractivity contribution < 1.29 is 19.1 Å². The van der Waals surface area contributed by atoms with Gasteiger partial charge in [0, 0.05) is 11.1 Å². The van der Waals surface area contributed by atoms with Crippen LogP contribution in [0.25, 0.3) is 0 Å². The van der Waals surface area contributed by atoms with E-state index in [1.807, 2.05) is 49.4 Å². The molecule has 0 aromatic heterocycles. The molecule has 1 amide bonds. The first-order valence-corrected chi connectivity index (χ1v) is 9.43. The Morgan fingerprint density at radius 2 is 1.55 bits per heavy atom. The third kappa shape index (κ3) is 5.23. The number of Topliss-reactive ketones (excluding diaryl/α,β-unsaturated/α-hetero) is 1. The number of carbonyl (C=O) groups is 2. The minimum Gasteiger partial charge on any atom is -0.492 e. The van der Waals surface area contributed by atoms with Gasteiger partial charge in [0.25, 0.3) is 5.91 Å².